The maximum atomic E-state index is 11.8. The Balaban J connectivity index is 2.21. The summed E-state index contributed by atoms with van der Waals surface area (Å²) in [4.78, 5) is 30.4. The van der Waals surface area contributed by atoms with Gasteiger partial charge in [0.15, 0.2) is 5.69 Å². The van der Waals surface area contributed by atoms with Gasteiger partial charge in [-0.25, -0.2) is 14.8 Å². The van der Waals surface area contributed by atoms with Gasteiger partial charge in [-0.15, -0.1) is 5.10 Å². The lowest BCUT2D eigenvalue weighted by Gasteiger charge is -2.04. The molecule has 1 amide bonds. The number of hydrogen-bond acceptors (Lipinski definition) is 5. The zero-order valence-electron chi connectivity index (χ0n) is 10.0. The van der Waals surface area contributed by atoms with E-state index in [4.69, 9.17) is 5.11 Å². The Labute approximate surface area is 107 Å². The second-order valence-electron chi connectivity index (χ2n) is 3.62. The first-order valence-electron chi connectivity index (χ1n) is 5.52. The highest BCUT2D eigenvalue weighted by Gasteiger charge is 2.17. The summed E-state index contributed by atoms with van der Waals surface area (Å²) in [5.74, 6) is -1.28. The number of aromatic nitrogens is 4. The normalized spacial score (nSPS) is 10.2. The van der Waals surface area contributed by atoms with Crippen LogP contribution in [0.15, 0.2) is 18.3 Å². The predicted molar refractivity (Wildman–Crippen MR) is 64.9 cm³/mol. The van der Waals surface area contributed by atoms with E-state index in [2.05, 4.69) is 25.5 Å². The summed E-state index contributed by atoms with van der Waals surface area (Å²) >= 11 is 0. The second kappa shape index (κ2) is 5.25. The molecule has 0 aliphatic heterocycles. The van der Waals surface area contributed by atoms with Crippen molar-refractivity contribution in [2.75, 3.05) is 5.32 Å². The van der Waals surface area contributed by atoms with E-state index in [0.29, 0.717) is 12.2 Å². The van der Waals surface area contributed by atoms with Gasteiger partial charge in [-0.1, -0.05) is 6.92 Å². The molecule has 2 aromatic rings. The number of H-pyrrole nitrogens is 1. The molecule has 0 unspecified atom stereocenters. The lowest BCUT2D eigenvalue weighted by molar-refractivity contribution is 0.0691. The molecule has 0 bridgehead atoms. The fourth-order valence-corrected chi connectivity index (χ4v) is 1.41. The number of aromatic carboxylic acids is 1. The molecule has 2 aromatic heterocycles. The van der Waals surface area contributed by atoms with Crippen molar-refractivity contribution in [2.24, 2.45) is 0 Å². The number of aromatic amines is 1. The van der Waals surface area contributed by atoms with Crippen LogP contribution in [0.5, 0.6) is 0 Å². The van der Waals surface area contributed by atoms with E-state index in [-0.39, 0.29) is 17.2 Å². The van der Waals surface area contributed by atoms with Crippen LogP contribution in [0.4, 0.5) is 5.69 Å². The molecule has 0 aromatic carbocycles. The number of nitrogens with zero attached hydrogens (tertiary/aromatic N) is 3. The van der Waals surface area contributed by atoms with Gasteiger partial charge in [-0.3, -0.25) is 9.89 Å². The Kier molecular flexibility index (Phi) is 3.51. The zero-order valence-corrected chi connectivity index (χ0v) is 10.0. The van der Waals surface area contributed by atoms with Gasteiger partial charge < -0.3 is 10.4 Å². The molecule has 2 heterocycles. The highest BCUT2D eigenvalue weighted by Crippen LogP contribution is 2.12. The maximum absolute atomic E-state index is 11.8. The van der Waals surface area contributed by atoms with Gasteiger partial charge in [-0.2, -0.15) is 0 Å². The van der Waals surface area contributed by atoms with Gasteiger partial charge in [0.2, 0.25) is 5.82 Å². The highest BCUT2D eigenvalue weighted by molar-refractivity contribution is 6.05. The van der Waals surface area contributed by atoms with Crippen LogP contribution in [-0.4, -0.2) is 37.1 Å². The fraction of sp³-hybridized carbons (Fsp3) is 0.182. The number of carbonyl (C=O) groups excluding carboxylic acids is 1. The monoisotopic (exact) mass is 261 g/mol. The van der Waals surface area contributed by atoms with E-state index in [1.54, 1.807) is 0 Å². The van der Waals surface area contributed by atoms with E-state index >= 15 is 0 Å². The lowest BCUT2D eigenvalue weighted by Crippen LogP contribution is -2.17. The Bertz CT molecular complexity index is 622. The summed E-state index contributed by atoms with van der Waals surface area (Å²) in [5, 5.41) is 17.7. The largest absolute Gasteiger partial charge is 0.476 e. The van der Waals surface area contributed by atoms with Crippen LogP contribution in [-0.2, 0) is 6.42 Å². The van der Waals surface area contributed by atoms with Crippen LogP contribution >= 0.6 is 0 Å². The Hall–Kier alpha value is -2.77. The van der Waals surface area contributed by atoms with Crippen LogP contribution in [0.3, 0.4) is 0 Å². The summed E-state index contributed by atoms with van der Waals surface area (Å²) in [7, 11) is 0. The third-order valence-electron chi connectivity index (χ3n) is 2.33. The molecule has 2 rings (SSSR count). The van der Waals surface area contributed by atoms with E-state index in [1.165, 1.54) is 18.3 Å². The lowest BCUT2D eigenvalue weighted by atomic mass is 10.3. The molecular formula is C11H11N5O3. The molecule has 0 atom stereocenters. The van der Waals surface area contributed by atoms with Crippen molar-refractivity contribution in [1.29, 1.82) is 0 Å². The van der Waals surface area contributed by atoms with E-state index < -0.39 is 11.9 Å². The smallest absolute Gasteiger partial charge is 0.356 e. The fourth-order valence-electron chi connectivity index (χ4n) is 1.41. The van der Waals surface area contributed by atoms with Crippen LogP contribution in [0.2, 0.25) is 0 Å². The van der Waals surface area contributed by atoms with E-state index in [9.17, 15) is 9.59 Å². The number of aryl methyl sites for hydroxylation is 1. The number of pyridine rings is 1. The Morgan fingerprint density at radius 2 is 2.26 bits per heavy atom. The molecule has 8 nitrogen and oxygen atoms in total. The van der Waals surface area contributed by atoms with Gasteiger partial charge in [0.1, 0.15) is 5.82 Å². The molecule has 8 heteroatoms. The molecular weight excluding hydrogens is 250 g/mol. The third-order valence-corrected chi connectivity index (χ3v) is 2.33. The van der Waals surface area contributed by atoms with E-state index in [1.807, 2.05) is 6.92 Å². The topological polar surface area (TPSA) is 121 Å². The highest BCUT2D eigenvalue weighted by atomic mass is 16.4. The number of carboxylic acids is 1. The molecule has 0 fully saturated rings. The first-order chi connectivity index (χ1) is 9.11. The maximum Gasteiger partial charge on any atom is 0.356 e. The standard InChI is InChI=1S/C11H11N5O3/c1-2-7-14-9(16-15-7)10(17)13-6-4-3-5-12-8(6)11(18)19/h3-5H,2H2,1H3,(H,13,17)(H,18,19)(H,14,15,16). The number of hydrogen-bond donors (Lipinski definition) is 3. The molecule has 0 aliphatic carbocycles. The molecule has 0 saturated heterocycles. The first-order valence-corrected chi connectivity index (χ1v) is 5.52. The van der Waals surface area contributed by atoms with Gasteiger partial charge in [0.05, 0.1) is 5.69 Å². The van der Waals surface area contributed by atoms with Crippen molar-refractivity contribution in [3.8, 4) is 0 Å². The van der Waals surface area contributed by atoms with Crippen molar-refractivity contribution >= 4 is 17.6 Å². The van der Waals surface area contributed by atoms with Crippen LogP contribution in [0.1, 0.15) is 33.9 Å². The van der Waals surface area contributed by atoms with E-state index in [0.717, 1.165) is 0 Å². The van der Waals surface area contributed by atoms with Crippen LogP contribution in [0.25, 0.3) is 0 Å². The SMILES string of the molecule is CCc1nc(C(=O)Nc2cccnc2C(=O)O)n[nH]1. The zero-order chi connectivity index (χ0) is 13.8. The Morgan fingerprint density at radius 1 is 1.47 bits per heavy atom. The van der Waals surface area contributed by atoms with Gasteiger partial charge in [-0.05, 0) is 12.1 Å². The molecule has 0 radical (unpaired) electrons. The second-order valence-corrected chi connectivity index (χ2v) is 3.62. The molecule has 0 aliphatic rings. The number of amides is 1. The van der Waals surface area contributed by atoms with Crippen molar-refractivity contribution in [3.63, 3.8) is 0 Å². The minimum Gasteiger partial charge on any atom is -0.476 e. The van der Waals surface area contributed by atoms with Crippen molar-refractivity contribution < 1.29 is 14.7 Å². The summed E-state index contributed by atoms with van der Waals surface area (Å²) < 4.78 is 0. The summed E-state index contributed by atoms with van der Waals surface area (Å²) in [6.07, 6.45) is 1.95. The number of anilines is 1. The van der Waals surface area contributed by atoms with Gasteiger partial charge >= 0.3 is 5.97 Å². The molecule has 98 valence electrons. The minimum absolute atomic E-state index is 0.0444. The number of carbonyl (C=O) groups is 2. The summed E-state index contributed by atoms with van der Waals surface area (Å²) in [6, 6.07) is 2.97. The number of nitrogens with one attached hydrogen (secondary N) is 2. The Morgan fingerprint density at radius 3 is 2.89 bits per heavy atom. The molecule has 0 spiro atoms. The minimum atomic E-state index is -1.22. The number of rotatable bonds is 4. The molecule has 19 heavy (non-hydrogen) atoms. The first kappa shape index (κ1) is 12.7. The number of carboxylic acid groups (broad SMARTS) is 1. The summed E-state index contributed by atoms with van der Waals surface area (Å²) in [6.45, 7) is 1.87. The predicted octanol–water partition coefficient (Wildman–Crippen LogP) is 0.713. The average Bonchev–Trinajstić information content (AvgIpc) is 2.88. The van der Waals surface area contributed by atoms with Crippen molar-refractivity contribution in [2.45, 2.75) is 13.3 Å². The summed E-state index contributed by atoms with van der Waals surface area (Å²) in [5.41, 5.74) is -0.134. The van der Waals surface area contributed by atoms with Crippen LogP contribution < -0.4 is 5.32 Å². The molecule has 0 saturated carbocycles. The van der Waals surface area contributed by atoms with Gasteiger partial charge in [0, 0.05) is 12.6 Å². The average molecular weight is 261 g/mol. The quantitative estimate of drug-likeness (QED) is 0.745. The molecule has 3 N–H and O–H groups in total. The van der Waals surface area contributed by atoms with Crippen LogP contribution in [0, 0.1) is 0 Å². The van der Waals surface area contributed by atoms with Gasteiger partial charge in [0.25, 0.3) is 5.91 Å². The third kappa shape index (κ3) is 2.73. The van der Waals surface area contributed by atoms with Crippen molar-refractivity contribution in [3.05, 3.63) is 35.7 Å². The van der Waals surface area contributed by atoms with Crippen molar-refractivity contribution in [1.82, 2.24) is 20.2 Å².